The molecule has 0 aromatic heterocycles. The van der Waals surface area contributed by atoms with E-state index < -0.39 is 17.4 Å². The number of carbonyl (C=O) groups excluding carboxylic acids is 2. The van der Waals surface area contributed by atoms with Gasteiger partial charge in [-0.25, -0.2) is 0 Å². The summed E-state index contributed by atoms with van der Waals surface area (Å²) in [7, 11) is 0. The summed E-state index contributed by atoms with van der Waals surface area (Å²) in [5.74, 6) is -0.689. The second-order valence-corrected chi connectivity index (χ2v) is 4.85. The van der Waals surface area contributed by atoms with Gasteiger partial charge in [-0.2, -0.15) is 0 Å². The van der Waals surface area contributed by atoms with E-state index in [0.717, 1.165) is 5.56 Å². The van der Waals surface area contributed by atoms with E-state index in [4.69, 9.17) is 10.5 Å². The van der Waals surface area contributed by atoms with Gasteiger partial charge in [-0.1, -0.05) is 44.2 Å². The highest BCUT2D eigenvalue weighted by atomic mass is 16.5. The van der Waals surface area contributed by atoms with Gasteiger partial charge in [0.1, 0.15) is 18.4 Å². The van der Waals surface area contributed by atoms with Gasteiger partial charge in [-0.05, 0) is 12.5 Å². The smallest absolute Gasteiger partial charge is 0.324 e. The molecule has 4 heteroatoms. The van der Waals surface area contributed by atoms with Crippen LogP contribution < -0.4 is 5.73 Å². The fraction of sp³-hybridized carbons (Fsp3) is 0.429. The molecular formula is C14H19NO3. The van der Waals surface area contributed by atoms with Gasteiger partial charge in [0.25, 0.3) is 0 Å². The molecule has 0 aliphatic heterocycles. The summed E-state index contributed by atoms with van der Waals surface area (Å²) in [5.41, 5.74) is 5.74. The Morgan fingerprint density at radius 1 is 1.28 bits per heavy atom. The Morgan fingerprint density at radius 3 is 2.33 bits per heavy atom. The minimum atomic E-state index is -0.946. The van der Waals surface area contributed by atoms with Crippen molar-refractivity contribution in [1.82, 2.24) is 0 Å². The molecule has 1 atom stereocenters. The van der Waals surface area contributed by atoms with E-state index in [-0.39, 0.29) is 12.4 Å². The lowest BCUT2D eigenvalue weighted by molar-refractivity contribution is -0.152. The van der Waals surface area contributed by atoms with E-state index in [2.05, 4.69) is 0 Å². The molecule has 0 bridgehead atoms. The highest BCUT2D eigenvalue weighted by Crippen LogP contribution is 2.21. The zero-order chi connectivity index (χ0) is 13.8. The number of ether oxygens (including phenoxy) is 1. The number of hydrogen-bond donors (Lipinski definition) is 1. The van der Waals surface area contributed by atoms with Crippen molar-refractivity contribution in [2.75, 3.05) is 0 Å². The highest BCUT2D eigenvalue weighted by Gasteiger charge is 2.37. The molecule has 4 nitrogen and oxygen atoms in total. The van der Waals surface area contributed by atoms with Gasteiger partial charge < -0.3 is 10.5 Å². The highest BCUT2D eigenvalue weighted by molar-refractivity contribution is 5.89. The third-order valence-electron chi connectivity index (χ3n) is 3.16. The number of nitrogens with two attached hydrogens (primary N) is 1. The van der Waals surface area contributed by atoms with Crippen LogP contribution in [0.4, 0.5) is 0 Å². The van der Waals surface area contributed by atoms with E-state index in [1.807, 2.05) is 30.3 Å². The second kappa shape index (κ2) is 5.78. The summed E-state index contributed by atoms with van der Waals surface area (Å²) in [6.07, 6.45) is 0. The predicted molar refractivity (Wildman–Crippen MR) is 68.7 cm³/mol. The predicted octanol–water partition coefficient (Wildman–Crippen LogP) is 1.67. The van der Waals surface area contributed by atoms with Gasteiger partial charge in [0.15, 0.2) is 0 Å². The lowest BCUT2D eigenvalue weighted by Crippen LogP contribution is -2.48. The summed E-state index contributed by atoms with van der Waals surface area (Å²) in [6, 6.07) is 8.38. The van der Waals surface area contributed by atoms with Crippen molar-refractivity contribution >= 4 is 11.8 Å². The van der Waals surface area contributed by atoms with Gasteiger partial charge >= 0.3 is 5.97 Å². The Bertz CT molecular complexity index is 426. The van der Waals surface area contributed by atoms with E-state index >= 15 is 0 Å². The number of Topliss-reactive ketones (excluding diaryl/α,β-unsaturated/α-hetero) is 1. The van der Waals surface area contributed by atoms with Crippen LogP contribution in [0.15, 0.2) is 30.3 Å². The molecule has 18 heavy (non-hydrogen) atoms. The minimum Gasteiger partial charge on any atom is -0.460 e. The summed E-state index contributed by atoms with van der Waals surface area (Å²) >= 11 is 0. The number of hydrogen-bond acceptors (Lipinski definition) is 4. The van der Waals surface area contributed by atoms with Crippen LogP contribution in [0.3, 0.4) is 0 Å². The van der Waals surface area contributed by atoms with Gasteiger partial charge in [-0.3, -0.25) is 9.59 Å². The van der Waals surface area contributed by atoms with Crippen molar-refractivity contribution in [2.45, 2.75) is 33.4 Å². The van der Waals surface area contributed by atoms with Crippen molar-refractivity contribution in [2.24, 2.45) is 11.1 Å². The van der Waals surface area contributed by atoms with E-state index in [1.165, 1.54) is 6.92 Å². The van der Waals surface area contributed by atoms with Crippen molar-refractivity contribution in [3.63, 3.8) is 0 Å². The maximum Gasteiger partial charge on any atom is 0.324 e. The van der Waals surface area contributed by atoms with Crippen molar-refractivity contribution in [3.05, 3.63) is 35.9 Å². The maximum absolute atomic E-state index is 11.8. The average molecular weight is 249 g/mol. The molecular weight excluding hydrogens is 230 g/mol. The summed E-state index contributed by atoms with van der Waals surface area (Å²) < 4.78 is 5.11. The summed E-state index contributed by atoms with van der Waals surface area (Å²) in [6.45, 7) is 4.87. The molecule has 2 N–H and O–H groups in total. The van der Waals surface area contributed by atoms with Crippen LogP contribution >= 0.6 is 0 Å². The Labute approximate surface area is 107 Å². The fourth-order valence-corrected chi connectivity index (χ4v) is 1.33. The minimum absolute atomic E-state index is 0.133. The molecule has 1 aromatic rings. The lowest BCUT2D eigenvalue weighted by atomic mass is 9.81. The molecule has 1 rings (SSSR count). The standard InChI is InChI=1S/C14H19NO3/c1-10(16)14(2,3)12(15)13(17)18-9-11-7-5-4-6-8-11/h4-8,12H,9,15H2,1-3H3/t12-/m1/s1. The zero-order valence-corrected chi connectivity index (χ0v) is 11.0. The molecule has 0 saturated heterocycles. The first-order valence-corrected chi connectivity index (χ1v) is 5.83. The third-order valence-corrected chi connectivity index (χ3v) is 3.16. The summed E-state index contributed by atoms with van der Waals surface area (Å²) in [4.78, 5) is 23.2. The van der Waals surface area contributed by atoms with Gasteiger partial charge in [0.2, 0.25) is 0 Å². The Balaban J connectivity index is 2.59. The molecule has 0 aliphatic rings. The molecule has 1 aromatic carbocycles. The monoisotopic (exact) mass is 249 g/mol. The first kappa shape index (κ1) is 14.4. The zero-order valence-electron chi connectivity index (χ0n) is 11.0. The second-order valence-electron chi connectivity index (χ2n) is 4.85. The normalized spacial score (nSPS) is 12.9. The molecule has 0 saturated carbocycles. The SMILES string of the molecule is CC(=O)C(C)(C)[C@H](N)C(=O)OCc1ccccc1. The molecule has 0 heterocycles. The molecule has 0 spiro atoms. The Hall–Kier alpha value is -1.68. The number of benzene rings is 1. The first-order chi connectivity index (χ1) is 8.35. The van der Waals surface area contributed by atoms with Gasteiger partial charge in [0.05, 0.1) is 0 Å². The molecule has 98 valence electrons. The molecule has 0 fully saturated rings. The van der Waals surface area contributed by atoms with Crippen LogP contribution in [0, 0.1) is 5.41 Å². The van der Waals surface area contributed by atoms with E-state index in [1.54, 1.807) is 13.8 Å². The van der Waals surface area contributed by atoms with Gasteiger partial charge in [0, 0.05) is 5.41 Å². The number of ketones is 1. The van der Waals surface area contributed by atoms with E-state index in [0.29, 0.717) is 0 Å². The van der Waals surface area contributed by atoms with Crippen molar-refractivity contribution in [3.8, 4) is 0 Å². The Kier molecular flexibility index (Phi) is 4.62. The molecule has 0 unspecified atom stereocenters. The molecule has 0 amide bonds. The number of carbonyl (C=O) groups is 2. The van der Waals surface area contributed by atoms with E-state index in [9.17, 15) is 9.59 Å². The number of esters is 1. The first-order valence-electron chi connectivity index (χ1n) is 5.83. The van der Waals surface area contributed by atoms with Gasteiger partial charge in [-0.15, -0.1) is 0 Å². The van der Waals surface area contributed by atoms with Crippen LogP contribution in [-0.4, -0.2) is 17.8 Å². The molecule has 0 radical (unpaired) electrons. The third kappa shape index (κ3) is 3.40. The van der Waals surface area contributed by atoms with Crippen LogP contribution in [-0.2, 0) is 20.9 Å². The van der Waals surface area contributed by atoms with Crippen molar-refractivity contribution in [1.29, 1.82) is 0 Å². The van der Waals surface area contributed by atoms with Crippen LogP contribution in [0.25, 0.3) is 0 Å². The van der Waals surface area contributed by atoms with Crippen molar-refractivity contribution < 1.29 is 14.3 Å². The molecule has 0 aliphatic carbocycles. The van der Waals surface area contributed by atoms with Crippen LogP contribution in [0.5, 0.6) is 0 Å². The lowest BCUT2D eigenvalue weighted by Gasteiger charge is -2.26. The van der Waals surface area contributed by atoms with Crippen LogP contribution in [0.2, 0.25) is 0 Å². The topological polar surface area (TPSA) is 69.4 Å². The Morgan fingerprint density at radius 2 is 1.83 bits per heavy atom. The maximum atomic E-state index is 11.8. The summed E-state index contributed by atoms with van der Waals surface area (Å²) in [5, 5.41) is 0. The average Bonchev–Trinajstić information content (AvgIpc) is 2.36. The quantitative estimate of drug-likeness (QED) is 0.806. The fourth-order valence-electron chi connectivity index (χ4n) is 1.33. The van der Waals surface area contributed by atoms with Crippen LogP contribution in [0.1, 0.15) is 26.3 Å². The largest absolute Gasteiger partial charge is 0.460 e. The number of rotatable bonds is 5.